The van der Waals surface area contributed by atoms with Crippen LogP contribution in [0.4, 0.5) is 4.79 Å². The van der Waals surface area contributed by atoms with Crippen molar-refractivity contribution in [1.82, 2.24) is 15.2 Å². The van der Waals surface area contributed by atoms with E-state index in [9.17, 15) is 9.59 Å². The highest BCUT2D eigenvalue weighted by molar-refractivity contribution is 7.11. The minimum absolute atomic E-state index is 0.0612. The Labute approximate surface area is 129 Å². The first-order valence-electron chi connectivity index (χ1n) is 6.99. The van der Waals surface area contributed by atoms with Crippen LogP contribution in [0.1, 0.15) is 48.8 Å². The maximum absolute atomic E-state index is 12.3. The molecule has 0 saturated carbocycles. The number of urea groups is 1. The van der Waals surface area contributed by atoms with E-state index in [-0.39, 0.29) is 24.5 Å². The minimum atomic E-state index is -0.907. The molecule has 2 N–H and O–H groups in total. The number of aromatic nitrogens is 1. The maximum atomic E-state index is 12.3. The molecule has 7 heteroatoms. The van der Waals surface area contributed by atoms with Gasteiger partial charge in [0.25, 0.3) is 0 Å². The van der Waals surface area contributed by atoms with Gasteiger partial charge in [-0.25, -0.2) is 9.78 Å². The van der Waals surface area contributed by atoms with Crippen molar-refractivity contribution in [3.63, 3.8) is 0 Å². The van der Waals surface area contributed by atoms with Crippen LogP contribution in [0.2, 0.25) is 0 Å². The Kier molecular flexibility index (Phi) is 6.14. The molecule has 0 bridgehead atoms. The molecule has 0 aliphatic heterocycles. The molecule has 0 aliphatic carbocycles. The Balaban J connectivity index is 2.73. The lowest BCUT2D eigenvalue weighted by molar-refractivity contribution is -0.138. The molecule has 21 heavy (non-hydrogen) atoms. The third kappa shape index (κ3) is 4.70. The second kappa shape index (κ2) is 7.40. The number of carboxylic acids is 1. The Bertz CT molecular complexity index is 516. The lowest BCUT2D eigenvalue weighted by atomic mass is 10.2. The third-order valence-corrected chi connectivity index (χ3v) is 4.53. The summed E-state index contributed by atoms with van der Waals surface area (Å²) in [4.78, 5) is 30.0. The van der Waals surface area contributed by atoms with Crippen molar-refractivity contribution in [2.24, 2.45) is 0 Å². The Hall–Kier alpha value is -1.63. The van der Waals surface area contributed by atoms with Gasteiger partial charge >= 0.3 is 12.0 Å². The van der Waals surface area contributed by atoms with Crippen molar-refractivity contribution in [1.29, 1.82) is 0 Å². The van der Waals surface area contributed by atoms with Crippen molar-refractivity contribution in [2.45, 2.75) is 53.1 Å². The van der Waals surface area contributed by atoms with E-state index in [2.05, 4.69) is 10.3 Å². The van der Waals surface area contributed by atoms with Gasteiger partial charge in [0.1, 0.15) is 0 Å². The molecule has 2 amide bonds. The molecule has 2 atom stereocenters. The van der Waals surface area contributed by atoms with E-state index in [4.69, 9.17) is 5.11 Å². The minimum Gasteiger partial charge on any atom is -0.481 e. The van der Waals surface area contributed by atoms with Crippen LogP contribution >= 0.6 is 11.3 Å². The zero-order chi connectivity index (χ0) is 16.2. The van der Waals surface area contributed by atoms with Crippen LogP contribution < -0.4 is 5.32 Å². The highest BCUT2D eigenvalue weighted by Gasteiger charge is 2.23. The quantitative estimate of drug-likeness (QED) is 0.846. The van der Waals surface area contributed by atoms with Crippen molar-refractivity contribution in [3.05, 3.63) is 15.6 Å². The van der Waals surface area contributed by atoms with Crippen LogP contribution in [-0.2, 0) is 4.79 Å². The maximum Gasteiger partial charge on any atom is 0.318 e. The van der Waals surface area contributed by atoms with Crippen LogP contribution in [-0.4, -0.2) is 39.6 Å². The van der Waals surface area contributed by atoms with Gasteiger partial charge < -0.3 is 15.3 Å². The average molecular weight is 313 g/mol. The summed E-state index contributed by atoms with van der Waals surface area (Å²) in [5.74, 6) is -0.907. The molecule has 1 heterocycles. The number of nitrogens with zero attached hydrogens (tertiary/aromatic N) is 2. The molecule has 1 aromatic rings. The number of carboxylic acid groups (broad SMARTS) is 1. The Morgan fingerprint density at radius 3 is 2.43 bits per heavy atom. The second-order valence-electron chi connectivity index (χ2n) is 5.09. The number of aliphatic carboxylic acids is 1. The molecule has 6 nitrogen and oxygen atoms in total. The summed E-state index contributed by atoms with van der Waals surface area (Å²) in [6, 6.07) is -0.733. The predicted octanol–water partition coefficient (Wildman–Crippen LogP) is 2.72. The van der Waals surface area contributed by atoms with E-state index in [1.54, 1.807) is 18.3 Å². The predicted molar refractivity (Wildman–Crippen MR) is 82.6 cm³/mol. The number of nitrogens with one attached hydrogen (secondary N) is 1. The van der Waals surface area contributed by atoms with E-state index >= 15 is 0 Å². The van der Waals surface area contributed by atoms with Crippen molar-refractivity contribution in [2.75, 3.05) is 6.54 Å². The molecule has 0 spiro atoms. The van der Waals surface area contributed by atoms with Gasteiger partial charge in [-0.2, -0.15) is 0 Å². The molecular formula is C14H23N3O3S. The molecule has 0 aliphatic rings. The number of rotatable bonds is 6. The van der Waals surface area contributed by atoms with Crippen molar-refractivity contribution in [3.8, 4) is 0 Å². The number of carbonyl (C=O) groups excluding carboxylic acids is 1. The van der Waals surface area contributed by atoms with E-state index < -0.39 is 5.97 Å². The van der Waals surface area contributed by atoms with Gasteiger partial charge in [-0.3, -0.25) is 4.79 Å². The first kappa shape index (κ1) is 17.4. The zero-order valence-corrected chi connectivity index (χ0v) is 14.0. The highest BCUT2D eigenvalue weighted by Crippen LogP contribution is 2.24. The molecule has 1 rings (SSSR count). The summed E-state index contributed by atoms with van der Waals surface area (Å²) in [5.41, 5.74) is 0.923. The summed E-state index contributed by atoms with van der Waals surface area (Å²) in [7, 11) is 0. The molecule has 0 radical (unpaired) electrons. The van der Waals surface area contributed by atoms with Crippen LogP contribution in [0.15, 0.2) is 0 Å². The van der Waals surface area contributed by atoms with Crippen molar-refractivity contribution < 1.29 is 14.7 Å². The number of thiazole rings is 1. The number of hydrogen-bond acceptors (Lipinski definition) is 4. The standard InChI is InChI=1S/C14H23N3O3S/c1-6-17(8(2)7-12(18)19)14(20)16-10(4)13-9(3)15-11(5)21-13/h8,10H,6-7H2,1-5H3,(H,16,20)(H,18,19). The first-order chi connectivity index (χ1) is 9.76. The average Bonchev–Trinajstić information content (AvgIpc) is 2.68. The summed E-state index contributed by atoms with van der Waals surface area (Å²) < 4.78 is 0. The molecule has 0 saturated heterocycles. The van der Waals surface area contributed by atoms with E-state index in [1.165, 1.54) is 4.90 Å². The zero-order valence-electron chi connectivity index (χ0n) is 13.1. The number of hydrogen-bond donors (Lipinski definition) is 2. The molecule has 1 aromatic heterocycles. The smallest absolute Gasteiger partial charge is 0.318 e. The molecule has 2 unspecified atom stereocenters. The monoisotopic (exact) mass is 313 g/mol. The highest BCUT2D eigenvalue weighted by atomic mass is 32.1. The summed E-state index contributed by atoms with van der Waals surface area (Å²) in [6.45, 7) is 9.81. The van der Waals surface area contributed by atoms with Gasteiger partial charge in [0, 0.05) is 17.5 Å². The van der Waals surface area contributed by atoms with Crippen LogP contribution in [0, 0.1) is 13.8 Å². The van der Waals surface area contributed by atoms with E-state index in [0.29, 0.717) is 6.54 Å². The number of carbonyl (C=O) groups is 2. The van der Waals surface area contributed by atoms with Gasteiger partial charge in [-0.1, -0.05) is 0 Å². The third-order valence-electron chi connectivity index (χ3n) is 3.28. The lowest BCUT2D eigenvalue weighted by Crippen LogP contribution is -2.46. The molecular weight excluding hydrogens is 290 g/mol. The fourth-order valence-electron chi connectivity index (χ4n) is 2.30. The largest absolute Gasteiger partial charge is 0.481 e. The van der Waals surface area contributed by atoms with Crippen molar-refractivity contribution >= 4 is 23.3 Å². The Morgan fingerprint density at radius 2 is 2.00 bits per heavy atom. The van der Waals surface area contributed by atoms with Crippen LogP contribution in [0.25, 0.3) is 0 Å². The molecule has 118 valence electrons. The van der Waals surface area contributed by atoms with Gasteiger partial charge in [0.15, 0.2) is 0 Å². The molecule has 0 aromatic carbocycles. The number of aryl methyl sites for hydroxylation is 2. The lowest BCUT2D eigenvalue weighted by Gasteiger charge is -2.28. The first-order valence-corrected chi connectivity index (χ1v) is 7.80. The fourth-order valence-corrected chi connectivity index (χ4v) is 3.23. The topological polar surface area (TPSA) is 82.5 Å². The van der Waals surface area contributed by atoms with E-state index in [0.717, 1.165) is 15.6 Å². The number of amides is 2. The van der Waals surface area contributed by atoms with E-state index in [1.807, 2.05) is 27.7 Å². The SMILES string of the molecule is CCN(C(=O)NC(C)c1sc(C)nc1C)C(C)CC(=O)O. The fraction of sp³-hybridized carbons (Fsp3) is 0.643. The van der Waals surface area contributed by atoms with Gasteiger partial charge in [0.05, 0.1) is 23.2 Å². The summed E-state index contributed by atoms with van der Waals surface area (Å²) >= 11 is 1.56. The Morgan fingerprint density at radius 1 is 1.38 bits per heavy atom. The normalized spacial score (nSPS) is 13.6. The van der Waals surface area contributed by atoms with Gasteiger partial charge in [-0.15, -0.1) is 11.3 Å². The molecule has 0 fully saturated rings. The van der Waals surface area contributed by atoms with Crippen LogP contribution in [0.3, 0.4) is 0 Å². The summed E-state index contributed by atoms with van der Waals surface area (Å²) in [5, 5.41) is 12.7. The van der Waals surface area contributed by atoms with Crippen LogP contribution in [0.5, 0.6) is 0 Å². The van der Waals surface area contributed by atoms with Gasteiger partial charge in [0.2, 0.25) is 0 Å². The van der Waals surface area contributed by atoms with Gasteiger partial charge in [-0.05, 0) is 34.6 Å². The summed E-state index contributed by atoms with van der Waals surface area (Å²) in [6.07, 6.45) is -0.0612. The second-order valence-corrected chi connectivity index (χ2v) is 6.32.